The van der Waals surface area contributed by atoms with Gasteiger partial charge in [0.25, 0.3) is 0 Å². The molecule has 0 atom stereocenters. The molecule has 0 aliphatic rings. The van der Waals surface area contributed by atoms with Gasteiger partial charge in [-0.15, -0.1) is 10.2 Å². The minimum atomic E-state index is -0.595. The summed E-state index contributed by atoms with van der Waals surface area (Å²) in [6.07, 6.45) is 0. The standard InChI is InChI=1S/C17H13FN4O3/c1-10(23)19-13-5-7-14(8-6-13)20-15(24)17-22-21-16(25-17)11-3-2-4-12(18)9-11/h2-9H,1H3,(H,19,23)(H,20,24). The molecule has 2 amide bonds. The molecule has 0 saturated carbocycles. The molecule has 3 aromatic rings. The smallest absolute Gasteiger partial charge is 0.313 e. The predicted octanol–water partition coefficient (Wildman–Crippen LogP) is 3.09. The number of amides is 2. The van der Waals surface area contributed by atoms with Crippen LogP contribution in [0, 0.1) is 5.82 Å². The number of hydrogen-bond donors (Lipinski definition) is 2. The third-order valence-corrected chi connectivity index (χ3v) is 3.15. The Morgan fingerprint density at radius 1 is 1.00 bits per heavy atom. The molecule has 0 spiro atoms. The van der Waals surface area contributed by atoms with Crippen LogP contribution in [0.15, 0.2) is 52.9 Å². The van der Waals surface area contributed by atoms with Gasteiger partial charge in [0.05, 0.1) is 0 Å². The first-order valence-corrected chi connectivity index (χ1v) is 7.30. The Morgan fingerprint density at radius 2 is 1.68 bits per heavy atom. The first kappa shape index (κ1) is 16.3. The van der Waals surface area contributed by atoms with Gasteiger partial charge >= 0.3 is 11.8 Å². The number of carbonyl (C=O) groups excluding carboxylic acids is 2. The lowest BCUT2D eigenvalue weighted by atomic mass is 10.2. The van der Waals surface area contributed by atoms with Gasteiger partial charge in [0, 0.05) is 23.9 Å². The summed E-state index contributed by atoms with van der Waals surface area (Å²) in [6, 6.07) is 12.1. The number of hydrogen-bond acceptors (Lipinski definition) is 5. The Hall–Kier alpha value is -3.55. The van der Waals surface area contributed by atoms with Gasteiger partial charge in [-0.2, -0.15) is 0 Å². The molecule has 0 aliphatic carbocycles. The molecule has 0 fully saturated rings. The topological polar surface area (TPSA) is 97.1 Å². The summed E-state index contributed by atoms with van der Waals surface area (Å²) < 4.78 is 18.5. The van der Waals surface area contributed by atoms with E-state index in [1.54, 1.807) is 30.3 Å². The number of aromatic nitrogens is 2. The molecule has 0 saturated heterocycles. The lowest BCUT2D eigenvalue weighted by Crippen LogP contribution is -2.12. The molecule has 7 nitrogen and oxygen atoms in total. The van der Waals surface area contributed by atoms with Crippen LogP contribution in [0.1, 0.15) is 17.6 Å². The third-order valence-electron chi connectivity index (χ3n) is 3.15. The van der Waals surface area contributed by atoms with Crippen molar-refractivity contribution in [1.82, 2.24) is 10.2 Å². The fraction of sp³-hybridized carbons (Fsp3) is 0.0588. The SMILES string of the molecule is CC(=O)Nc1ccc(NC(=O)c2nnc(-c3cccc(F)c3)o2)cc1. The van der Waals surface area contributed by atoms with Crippen molar-refractivity contribution in [2.45, 2.75) is 6.92 Å². The van der Waals surface area contributed by atoms with E-state index in [0.717, 1.165) is 0 Å². The van der Waals surface area contributed by atoms with Crippen LogP contribution in [0.25, 0.3) is 11.5 Å². The fourth-order valence-electron chi connectivity index (χ4n) is 2.08. The number of rotatable bonds is 4. The molecule has 2 N–H and O–H groups in total. The lowest BCUT2D eigenvalue weighted by Gasteiger charge is -2.05. The van der Waals surface area contributed by atoms with Crippen molar-refractivity contribution in [2.24, 2.45) is 0 Å². The number of nitrogens with zero attached hydrogens (tertiary/aromatic N) is 2. The molecule has 1 heterocycles. The predicted molar refractivity (Wildman–Crippen MR) is 88.4 cm³/mol. The van der Waals surface area contributed by atoms with Gasteiger partial charge in [0.2, 0.25) is 11.8 Å². The van der Waals surface area contributed by atoms with Gasteiger partial charge in [0.15, 0.2) is 0 Å². The molecule has 0 unspecified atom stereocenters. The lowest BCUT2D eigenvalue weighted by molar-refractivity contribution is -0.114. The summed E-state index contributed by atoms with van der Waals surface area (Å²) in [6.45, 7) is 1.40. The van der Waals surface area contributed by atoms with E-state index in [1.165, 1.54) is 25.1 Å². The maximum absolute atomic E-state index is 13.2. The van der Waals surface area contributed by atoms with Crippen molar-refractivity contribution in [3.63, 3.8) is 0 Å². The van der Waals surface area contributed by atoms with E-state index in [-0.39, 0.29) is 17.7 Å². The second-order valence-electron chi connectivity index (χ2n) is 5.14. The van der Waals surface area contributed by atoms with Gasteiger partial charge in [-0.05, 0) is 42.5 Å². The monoisotopic (exact) mass is 340 g/mol. The summed E-state index contributed by atoms with van der Waals surface area (Å²) >= 11 is 0. The van der Waals surface area contributed by atoms with Crippen molar-refractivity contribution < 1.29 is 18.4 Å². The molecule has 0 aliphatic heterocycles. The van der Waals surface area contributed by atoms with Gasteiger partial charge in [-0.25, -0.2) is 4.39 Å². The fourth-order valence-corrected chi connectivity index (χ4v) is 2.08. The van der Waals surface area contributed by atoms with Gasteiger partial charge in [0.1, 0.15) is 5.82 Å². The highest BCUT2D eigenvalue weighted by molar-refractivity contribution is 6.01. The third kappa shape index (κ3) is 4.05. The highest BCUT2D eigenvalue weighted by Crippen LogP contribution is 2.19. The van der Waals surface area contributed by atoms with E-state index in [0.29, 0.717) is 16.9 Å². The highest BCUT2D eigenvalue weighted by Gasteiger charge is 2.16. The van der Waals surface area contributed by atoms with Crippen LogP contribution >= 0.6 is 0 Å². The van der Waals surface area contributed by atoms with Crippen molar-refractivity contribution >= 4 is 23.2 Å². The Labute approximate surface area is 141 Å². The first-order chi connectivity index (χ1) is 12.0. The van der Waals surface area contributed by atoms with E-state index in [1.807, 2.05) is 0 Å². The van der Waals surface area contributed by atoms with Crippen LogP contribution in [-0.2, 0) is 4.79 Å². The zero-order chi connectivity index (χ0) is 17.8. The van der Waals surface area contributed by atoms with Gasteiger partial charge in [-0.3, -0.25) is 9.59 Å². The normalized spacial score (nSPS) is 10.3. The number of anilines is 2. The molecule has 2 aromatic carbocycles. The molecule has 0 bridgehead atoms. The summed E-state index contributed by atoms with van der Waals surface area (Å²) in [5, 5.41) is 12.6. The minimum Gasteiger partial charge on any atom is -0.412 e. The number of nitrogens with one attached hydrogen (secondary N) is 2. The zero-order valence-corrected chi connectivity index (χ0v) is 13.1. The van der Waals surface area contributed by atoms with Gasteiger partial charge < -0.3 is 15.1 Å². The average Bonchev–Trinajstić information content (AvgIpc) is 3.06. The van der Waals surface area contributed by atoms with Crippen LogP contribution in [-0.4, -0.2) is 22.0 Å². The van der Waals surface area contributed by atoms with Crippen LogP contribution in [0.3, 0.4) is 0 Å². The molecule has 0 radical (unpaired) electrons. The maximum atomic E-state index is 13.2. The van der Waals surface area contributed by atoms with Crippen molar-refractivity contribution in [1.29, 1.82) is 0 Å². The molecule has 1 aromatic heterocycles. The van der Waals surface area contributed by atoms with E-state index in [2.05, 4.69) is 20.8 Å². The first-order valence-electron chi connectivity index (χ1n) is 7.30. The number of benzene rings is 2. The molecular weight excluding hydrogens is 327 g/mol. The molecular formula is C17H13FN4O3. The number of halogens is 1. The summed E-state index contributed by atoms with van der Waals surface area (Å²) in [4.78, 5) is 23.1. The Balaban J connectivity index is 1.70. The maximum Gasteiger partial charge on any atom is 0.313 e. The molecule has 3 rings (SSSR count). The van der Waals surface area contributed by atoms with Crippen LogP contribution in [0.4, 0.5) is 15.8 Å². The second kappa shape index (κ2) is 6.91. The van der Waals surface area contributed by atoms with Crippen molar-refractivity contribution in [3.05, 3.63) is 60.2 Å². The van der Waals surface area contributed by atoms with E-state index >= 15 is 0 Å². The van der Waals surface area contributed by atoms with E-state index in [9.17, 15) is 14.0 Å². The summed E-state index contributed by atoms with van der Waals surface area (Å²) in [7, 11) is 0. The van der Waals surface area contributed by atoms with Crippen molar-refractivity contribution in [2.75, 3.05) is 10.6 Å². The quantitative estimate of drug-likeness (QED) is 0.761. The van der Waals surface area contributed by atoms with Gasteiger partial charge in [-0.1, -0.05) is 6.07 Å². The number of carbonyl (C=O) groups is 2. The highest BCUT2D eigenvalue weighted by atomic mass is 19.1. The van der Waals surface area contributed by atoms with Crippen LogP contribution < -0.4 is 10.6 Å². The van der Waals surface area contributed by atoms with Crippen molar-refractivity contribution in [3.8, 4) is 11.5 Å². The molecule has 126 valence electrons. The van der Waals surface area contributed by atoms with Crippen LogP contribution in [0.5, 0.6) is 0 Å². The summed E-state index contributed by atoms with van der Waals surface area (Å²) in [5.74, 6) is -1.42. The zero-order valence-electron chi connectivity index (χ0n) is 13.1. The summed E-state index contributed by atoms with van der Waals surface area (Å²) in [5.41, 5.74) is 1.48. The Kier molecular flexibility index (Phi) is 4.51. The second-order valence-corrected chi connectivity index (χ2v) is 5.14. The minimum absolute atomic E-state index is 0.0469. The Morgan fingerprint density at radius 3 is 2.32 bits per heavy atom. The van der Waals surface area contributed by atoms with E-state index < -0.39 is 11.7 Å². The average molecular weight is 340 g/mol. The largest absolute Gasteiger partial charge is 0.412 e. The van der Waals surface area contributed by atoms with E-state index in [4.69, 9.17) is 4.42 Å². The molecule has 8 heteroatoms. The Bertz CT molecular complexity index is 922. The molecule has 25 heavy (non-hydrogen) atoms. The van der Waals surface area contributed by atoms with Crippen LogP contribution in [0.2, 0.25) is 0 Å².